The van der Waals surface area contributed by atoms with E-state index in [2.05, 4.69) is 5.32 Å². The van der Waals surface area contributed by atoms with Gasteiger partial charge in [0.05, 0.1) is 13.2 Å². The molecule has 25 heavy (non-hydrogen) atoms. The van der Waals surface area contributed by atoms with E-state index in [1.54, 1.807) is 12.1 Å². The second kappa shape index (κ2) is 7.98. The number of hydrogen-bond donors (Lipinski definition) is 1. The standard InChI is InChI=1S/C19H21NO5/c1-23-17-10-14-6-3-2-5-13(14)9-16(17)19(22)25-12-18(21)20-11-15-7-4-8-24-15/h2-3,5-6,9-10,15H,4,7-8,11-12H2,1H3,(H,20,21). The molecule has 0 aromatic heterocycles. The maximum Gasteiger partial charge on any atom is 0.342 e. The molecule has 2 aromatic rings. The lowest BCUT2D eigenvalue weighted by Gasteiger charge is -2.12. The molecule has 1 aliphatic heterocycles. The average Bonchev–Trinajstić information content (AvgIpc) is 3.16. The van der Waals surface area contributed by atoms with Crippen LogP contribution >= 0.6 is 0 Å². The molecule has 0 bridgehead atoms. The summed E-state index contributed by atoms with van der Waals surface area (Å²) in [5, 5.41) is 4.58. The van der Waals surface area contributed by atoms with Gasteiger partial charge in [-0.2, -0.15) is 0 Å². The van der Waals surface area contributed by atoms with Crippen LogP contribution in [0.25, 0.3) is 10.8 Å². The zero-order valence-electron chi connectivity index (χ0n) is 14.1. The lowest BCUT2D eigenvalue weighted by molar-refractivity contribution is -0.124. The zero-order chi connectivity index (χ0) is 17.6. The molecule has 0 aliphatic carbocycles. The molecule has 1 N–H and O–H groups in total. The molecule has 0 saturated carbocycles. The van der Waals surface area contributed by atoms with Gasteiger partial charge in [-0.1, -0.05) is 24.3 Å². The molecule has 1 atom stereocenters. The topological polar surface area (TPSA) is 73.9 Å². The fourth-order valence-corrected chi connectivity index (χ4v) is 2.84. The molecule has 132 valence electrons. The molecule has 0 radical (unpaired) electrons. The summed E-state index contributed by atoms with van der Waals surface area (Å²) in [6.07, 6.45) is 2.01. The molecule has 1 aliphatic rings. The van der Waals surface area contributed by atoms with Gasteiger partial charge in [0.25, 0.3) is 5.91 Å². The van der Waals surface area contributed by atoms with Gasteiger partial charge >= 0.3 is 5.97 Å². The van der Waals surface area contributed by atoms with Gasteiger partial charge in [-0.3, -0.25) is 4.79 Å². The molecular formula is C19H21NO5. The average molecular weight is 343 g/mol. The number of carbonyl (C=O) groups is 2. The smallest absolute Gasteiger partial charge is 0.342 e. The van der Waals surface area contributed by atoms with Gasteiger partial charge in [0.1, 0.15) is 11.3 Å². The Bertz CT molecular complexity index is 767. The number of methoxy groups -OCH3 is 1. The van der Waals surface area contributed by atoms with Crippen molar-refractivity contribution < 1.29 is 23.8 Å². The monoisotopic (exact) mass is 343 g/mol. The third-order valence-corrected chi connectivity index (χ3v) is 4.17. The van der Waals surface area contributed by atoms with E-state index in [0.29, 0.717) is 17.9 Å². The van der Waals surface area contributed by atoms with Gasteiger partial charge in [0.2, 0.25) is 0 Å². The molecule has 0 spiro atoms. The molecule has 1 heterocycles. The largest absolute Gasteiger partial charge is 0.496 e. The Labute approximate surface area is 146 Å². The first-order valence-corrected chi connectivity index (χ1v) is 8.29. The van der Waals surface area contributed by atoms with Crippen molar-refractivity contribution in [2.24, 2.45) is 0 Å². The zero-order valence-corrected chi connectivity index (χ0v) is 14.1. The first-order valence-electron chi connectivity index (χ1n) is 8.29. The van der Waals surface area contributed by atoms with Crippen molar-refractivity contribution in [2.45, 2.75) is 18.9 Å². The maximum absolute atomic E-state index is 12.3. The van der Waals surface area contributed by atoms with Crippen LogP contribution in [0.5, 0.6) is 5.75 Å². The Balaban J connectivity index is 1.60. The summed E-state index contributed by atoms with van der Waals surface area (Å²) in [6, 6.07) is 11.1. The summed E-state index contributed by atoms with van der Waals surface area (Å²) in [5.41, 5.74) is 0.299. The van der Waals surface area contributed by atoms with Crippen molar-refractivity contribution in [2.75, 3.05) is 26.9 Å². The molecular weight excluding hydrogens is 322 g/mol. The molecule has 6 heteroatoms. The minimum absolute atomic E-state index is 0.0558. The van der Waals surface area contributed by atoms with Gasteiger partial charge < -0.3 is 19.5 Å². The third kappa shape index (κ3) is 4.28. The number of amides is 1. The summed E-state index contributed by atoms with van der Waals surface area (Å²) < 4.78 is 15.8. The Morgan fingerprint density at radius 3 is 2.68 bits per heavy atom. The van der Waals surface area contributed by atoms with Gasteiger partial charge in [0.15, 0.2) is 6.61 Å². The predicted octanol–water partition coefficient (Wildman–Crippen LogP) is 2.30. The SMILES string of the molecule is COc1cc2ccccc2cc1C(=O)OCC(=O)NCC1CCCO1. The van der Waals surface area contributed by atoms with Crippen molar-refractivity contribution in [3.8, 4) is 5.75 Å². The van der Waals surface area contributed by atoms with Crippen LogP contribution in [0.1, 0.15) is 23.2 Å². The maximum atomic E-state index is 12.3. The number of esters is 1. The first kappa shape index (κ1) is 17.2. The van der Waals surface area contributed by atoms with E-state index >= 15 is 0 Å². The second-order valence-electron chi connectivity index (χ2n) is 5.91. The number of ether oxygens (including phenoxy) is 3. The van der Waals surface area contributed by atoms with Crippen LogP contribution in [-0.2, 0) is 14.3 Å². The molecule has 1 saturated heterocycles. The number of nitrogens with one attached hydrogen (secondary N) is 1. The van der Waals surface area contributed by atoms with Crippen molar-refractivity contribution in [3.05, 3.63) is 42.0 Å². The van der Waals surface area contributed by atoms with Crippen molar-refractivity contribution in [1.82, 2.24) is 5.32 Å². The van der Waals surface area contributed by atoms with Gasteiger partial charge in [-0.15, -0.1) is 0 Å². The van der Waals surface area contributed by atoms with Crippen molar-refractivity contribution in [1.29, 1.82) is 0 Å². The molecule has 2 aromatic carbocycles. The molecule has 1 amide bonds. The van der Waals surface area contributed by atoms with E-state index in [1.807, 2.05) is 24.3 Å². The van der Waals surface area contributed by atoms with E-state index in [-0.39, 0.29) is 18.6 Å². The Hall–Kier alpha value is -2.60. The lowest BCUT2D eigenvalue weighted by Crippen LogP contribution is -2.34. The fraction of sp³-hybridized carbons (Fsp3) is 0.368. The summed E-state index contributed by atoms with van der Waals surface area (Å²) in [5.74, 6) is -0.512. The number of benzene rings is 2. The minimum Gasteiger partial charge on any atom is -0.496 e. The van der Waals surface area contributed by atoms with E-state index in [9.17, 15) is 9.59 Å². The van der Waals surface area contributed by atoms with Crippen molar-refractivity contribution >= 4 is 22.6 Å². The van der Waals surface area contributed by atoms with Crippen molar-refractivity contribution in [3.63, 3.8) is 0 Å². The summed E-state index contributed by atoms with van der Waals surface area (Å²) in [4.78, 5) is 24.2. The Kier molecular flexibility index (Phi) is 5.50. The van der Waals surface area contributed by atoms with Crippen LogP contribution in [0.3, 0.4) is 0 Å². The Morgan fingerprint density at radius 2 is 2.00 bits per heavy atom. The lowest BCUT2D eigenvalue weighted by atomic mass is 10.1. The van der Waals surface area contributed by atoms with E-state index in [1.165, 1.54) is 7.11 Å². The first-order chi connectivity index (χ1) is 12.2. The van der Waals surface area contributed by atoms with Gasteiger partial charge in [-0.05, 0) is 35.7 Å². The summed E-state index contributed by atoms with van der Waals surface area (Å²) in [7, 11) is 1.50. The van der Waals surface area contributed by atoms with Crippen LogP contribution in [0.15, 0.2) is 36.4 Å². The summed E-state index contributed by atoms with van der Waals surface area (Å²) in [6.45, 7) is 0.842. The van der Waals surface area contributed by atoms with Crippen LogP contribution in [-0.4, -0.2) is 44.8 Å². The van der Waals surface area contributed by atoms with Crippen LogP contribution < -0.4 is 10.1 Å². The second-order valence-corrected chi connectivity index (χ2v) is 5.91. The highest BCUT2D eigenvalue weighted by Gasteiger charge is 2.18. The third-order valence-electron chi connectivity index (χ3n) is 4.17. The minimum atomic E-state index is -0.588. The number of hydrogen-bond acceptors (Lipinski definition) is 5. The van der Waals surface area contributed by atoms with Crippen LogP contribution in [0, 0.1) is 0 Å². The van der Waals surface area contributed by atoms with E-state index in [4.69, 9.17) is 14.2 Å². The highest BCUT2D eigenvalue weighted by molar-refractivity contribution is 5.99. The van der Waals surface area contributed by atoms with E-state index < -0.39 is 5.97 Å². The van der Waals surface area contributed by atoms with E-state index in [0.717, 1.165) is 30.2 Å². The fourth-order valence-electron chi connectivity index (χ4n) is 2.84. The Morgan fingerprint density at radius 1 is 1.24 bits per heavy atom. The van der Waals surface area contributed by atoms with Gasteiger partial charge in [-0.25, -0.2) is 4.79 Å². The highest BCUT2D eigenvalue weighted by Crippen LogP contribution is 2.26. The number of carbonyl (C=O) groups excluding carboxylic acids is 2. The normalized spacial score (nSPS) is 16.6. The molecule has 1 unspecified atom stereocenters. The van der Waals surface area contributed by atoms with Crippen LogP contribution in [0.4, 0.5) is 0 Å². The van der Waals surface area contributed by atoms with Crippen LogP contribution in [0.2, 0.25) is 0 Å². The quantitative estimate of drug-likeness (QED) is 0.815. The van der Waals surface area contributed by atoms with Gasteiger partial charge in [0, 0.05) is 13.2 Å². The summed E-state index contributed by atoms with van der Waals surface area (Å²) >= 11 is 0. The number of fused-ring (bicyclic) bond motifs is 1. The molecule has 3 rings (SSSR count). The number of rotatable bonds is 6. The molecule has 6 nitrogen and oxygen atoms in total. The highest BCUT2D eigenvalue weighted by atomic mass is 16.5. The predicted molar refractivity (Wildman–Crippen MR) is 92.8 cm³/mol. The molecule has 1 fully saturated rings.